The summed E-state index contributed by atoms with van der Waals surface area (Å²) in [6, 6.07) is 4.45. The summed E-state index contributed by atoms with van der Waals surface area (Å²) in [4.78, 5) is 50.8. The van der Waals surface area contributed by atoms with Crippen molar-refractivity contribution in [2.75, 3.05) is 50.1 Å². The van der Waals surface area contributed by atoms with E-state index in [0.717, 1.165) is 37.4 Å². The highest BCUT2D eigenvalue weighted by atomic mass is 31.2. The summed E-state index contributed by atoms with van der Waals surface area (Å²) in [6.45, 7) is 2.99. The van der Waals surface area contributed by atoms with Crippen molar-refractivity contribution in [3.63, 3.8) is 0 Å². The molecule has 1 aromatic carbocycles. The van der Waals surface area contributed by atoms with Crippen molar-refractivity contribution in [3.8, 4) is 17.1 Å². The molecule has 2 aromatic heterocycles. The van der Waals surface area contributed by atoms with Crippen LogP contribution in [0.25, 0.3) is 11.4 Å². The van der Waals surface area contributed by atoms with Gasteiger partial charge in [0, 0.05) is 43.6 Å². The van der Waals surface area contributed by atoms with Crippen LogP contribution in [0.3, 0.4) is 0 Å². The van der Waals surface area contributed by atoms with Gasteiger partial charge in [-0.1, -0.05) is 0 Å². The van der Waals surface area contributed by atoms with Gasteiger partial charge >= 0.3 is 6.36 Å². The lowest BCUT2D eigenvalue weighted by Gasteiger charge is -2.36. The average Bonchev–Trinajstić information content (AvgIpc) is 3.28. The van der Waals surface area contributed by atoms with Gasteiger partial charge in [0.05, 0.1) is 30.2 Å². The van der Waals surface area contributed by atoms with E-state index in [4.69, 9.17) is 25.0 Å². The maximum atomic E-state index is 13.2. The third-order valence-electron chi connectivity index (χ3n) is 6.63. The van der Waals surface area contributed by atoms with Gasteiger partial charge in [0.2, 0.25) is 5.95 Å². The van der Waals surface area contributed by atoms with Gasteiger partial charge in [-0.3, -0.25) is 9.48 Å². The fourth-order valence-electron chi connectivity index (χ4n) is 4.78. The number of nitrogens with zero attached hydrogens (tertiary/aromatic N) is 6. The third-order valence-corrected chi connectivity index (χ3v) is 6.63. The molecule has 5 rings (SSSR count). The van der Waals surface area contributed by atoms with Gasteiger partial charge in [0.25, 0.3) is 5.91 Å². The number of hydrogen-bond acceptors (Lipinski definition) is 13. The van der Waals surface area contributed by atoms with Crippen LogP contribution >= 0.6 is 7.82 Å². The number of aliphatic hydroxyl groups excluding tert-OH is 1. The van der Waals surface area contributed by atoms with E-state index in [1.54, 1.807) is 18.3 Å². The number of carbonyl (C=O) groups is 1. The standard InChI is InChI=1S/C24H27F3N8O3.H3O4P/c1-33-6-8-34(9-7-33)15-3-5-18(38-24(25,26)27)17(12-15)30-23-29-13-14-2-4-16-20(22(28)37)32-35(10-11-36)21(16)19(14)31-23;1-5(2,3)4/h3,5,12-13,36H,2,4,6-11H2,1H3,(H2,28,37)(H,29,30,31);(H3,1,2,3,4)/p-3. The van der Waals surface area contributed by atoms with E-state index in [-0.39, 0.29) is 30.5 Å². The molecule has 1 aliphatic heterocycles. The summed E-state index contributed by atoms with van der Waals surface area (Å²) in [5.41, 5.74) is 8.79. The number of ether oxygens (including phenoxy) is 1. The number of aryl methyl sites for hydroxylation is 1. The molecule has 1 amide bonds. The lowest BCUT2D eigenvalue weighted by Crippen LogP contribution is -2.44. The van der Waals surface area contributed by atoms with Crippen LogP contribution in [0.5, 0.6) is 5.75 Å². The highest BCUT2D eigenvalue weighted by Gasteiger charge is 2.33. The number of nitrogens with one attached hydrogen (secondary N) is 1. The first-order chi connectivity index (χ1) is 20.1. The zero-order valence-electron chi connectivity index (χ0n) is 22.7. The molecule has 3 aromatic rings. The first-order valence-corrected chi connectivity index (χ1v) is 14.3. The molecule has 0 spiro atoms. The molecule has 3 heterocycles. The average molecular weight is 627 g/mol. The number of halogens is 3. The predicted octanol–water partition coefficient (Wildman–Crippen LogP) is -0.901. The lowest BCUT2D eigenvalue weighted by molar-refractivity contribution is -0.432. The number of hydrogen-bond donors (Lipinski definition) is 3. The summed E-state index contributed by atoms with van der Waals surface area (Å²) in [6.07, 6.45) is -2.30. The Hall–Kier alpha value is -3.80. The molecule has 0 unspecified atom stereocenters. The molecule has 1 aliphatic carbocycles. The molecule has 15 nitrogen and oxygen atoms in total. The van der Waals surface area contributed by atoms with Crippen LogP contribution < -0.4 is 35.4 Å². The Labute approximate surface area is 243 Å². The normalized spacial score (nSPS) is 15.2. The smallest absolute Gasteiger partial charge is 0.573 e. The summed E-state index contributed by atoms with van der Waals surface area (Å²) < 4.78 is 53.8. The fraction of sp³-hybridized carbons (Fsp3) is 0.417. The zero-order valence-corrected chi connectivity index (χ0v) is 23.6. The Bertz CT molecular complexity index is 1510. The number of anilines is 3. The van der Waals surface area contributed by atoms with Crippen LogP contribution in [0.4, 0.5) is 30.5 Å². The topological polar surface area (TPSA) is 221 Å². The van der Waals surface area contributed by atoms with Crippen molar-refractivity contribution in [2.45, 2.75) is 25.7 Å². The summed E-state index contributed by atoms with van der Waals surface area (Å²) >= 11 is 0. The number of piperazine rings is 1. The van der Waals surface area contributed by atoms with Crippen LogP contribution in [-0.2, 0) is 24.0 Å². The number of nitrogens with two attached hydrogens (primary N) is 1. The van der Waals surface area contributed by atoms with Crippen LogP contribution in [0.15, 0.2) is 24.4 Å². The minimum atomic E-state index is -5.39. The van der Waals surface area contributed by atoms with Crippen molar-refractivity contribution in [3.05, 3.63) is 41.2 Å². The van der Waals surface area contributed by atoms with Crippen LogP contribution in [0.1, 0.15) is 21.6 Å². The minimum absolute atomic E-state index is 0.0384. The molecule has 0 radical (unpaired) electrons. The van der Waals surface area contributed by atoms with Gasteiger partial charge < -0.3 is 49.9 Å². The highest BCUT2D eigenvalue weighted by molar-refractivity contribution is 7.40. The predicted molar refractivity (Wildman–Crippen MR) is 140 cm³/mol. The number of rotatable bonds is 7. The number of aromatic nitrogens is 4. The number of primary amides is 1. The van der Waals surface area contributed by atoms with Gasteiger partial charge in [-0.05, 0) is 43.7 Å². The number of likely N-dealkylation sites (N-methyl/N-ethyl adjacent to an activating group) is 1. The van der Waals surface area contributed by atoms with Gasteiger partial charge in [0.15, 0.2) is 11.4 Å². The fourth-order valence-corrected chi connectivity index (χ4v) is 4.78. The number of alkyl halides is 3. The third kappa shape index (κ3) is 8.40. The van der Waals surface area contributed by atoms with Crippen molar-refractivity contribution >= 4 is 31.1 Å². The summed E-state index contributed by atoms with van der Waals surface area (Å²) in [7, 11) is -3.37. The molecule has 19 heteroatoms. The summed E-state index contributed by atoms with van der Waals surface area (Å²) in [5, 5.41) is 16.7. The highest BCUT2D eigenvalue weighted by Crippen LogP contribution is 2.38. The Morgan fingerprint density at radius 2 is 1.86 bits per heavy atom. The molecule has 2 aliphatic rings. The van der Waals surface area contributed by atoms with E-state index in [1.165, 1.54) is 10.7 Å². The lowest BCUT2D eigenvalue weighted by atomic mass is 9.93. The maximum absolute atomic E-state index is 13.2. The maximum Gasteiger partial charge on any atom is 0.573 e. The van der Waals surface area contributed by atoms with E-state index in [1.807, 2.05) is 7.05 Å². The number of aliphatic hydroxyl groups is 1. The van der Waals surface area contributed by atoms with Gasteiger partial charge in [-0.2, -0.15) is 12.9 Å². The first kappa shape index (κ1) is 32.1. The second-order valence-corrected chi connectivity index (χ2v) is 10.5. The Morgan fingerprint density at radius 1 is 1.19 bits per heavy atom. The molecule has 0 atom stereocenters. The SMILES string of the molecule is CN1CCN(c2ccc(OC(F)(F)F)c(Nc3ncc4c(n3)-c3c(c(C(N)=O)nn3CCO)CC4)c2)CC1.O=P([O-])([O-])[O-]. The summed E-state index contributed by atoms with van der Waals surface area (Å²) in [5.74, 6) is -1.07. The molecular formula is C24H27F3N8O7P-3. The van der Waals surface area contributed by atoms with E-state index < -0.39 is 25.8 Å². The number of carbonyl (C=O) groups excluding carboxylic acids is 1. The first-order valence-electron chi connectivity index (χ1n) is 12.8. The zero-order chi connectivity index (χ0) is 31.5. The second-order valence-electron chi connectivity index (χ2n) is 9.65. The van der Waals surface area contributed by atoms with Crippen LogP contribution in [0.2, 0.25) is 0 Å². The minimum Gasteiger partial charge on any atom is -0.822 e. The Kier molecular flexibility index (Phi) is 9.58. The van der Waals surface area contributed by atoms with Crippen molar-refractivity contribution in [2.24, 2.45) is 5.73 Å². The molecule has 1 fully saturated rings. The second kappa shape index (κ2) is 12.8. The monoisotopic (exact) mass is 627 g/mol. The van der Waals surface area contributed by atoms with Gasteiger partial charge in [0.1, 0.15) is 0 Å². The number of phosphoric acid groups is 1. The molecule has 1 saturated heterocycles. The van der Waals surface area contributed by atoms with Crippen molar-refractivity contribution < 1.29 is 47.1 Å². The van der Waals surface area contributed by atoms with Gasteiger partial charge in [-0.15, -0.1) is 13.2 Å². The van der Waals surface area contributed by atoms with Crippen molar-refractivity contribution in [1.29, 1.82) is 0 Å². The van der Waals surface area contributed by atoms with Gasteiger partial charge in [-0.25, -0.2) is 9.97 Å². The van der Waals surface area contributed by atoms with Crippen LogP contribution in [0, 0.1) is 0 Å². The molecule has 43 heavy (non-hydrogen) atoms. The van der Waals surface area contributed by atoms with E-state index >= 15 is 0 Å². The Morgan fingerprint density at radius 3 is 2.47 bits per heavy atom. The molecule has 4 N–H and O–H groups in total. The molecule has 0 bridgehead atoms. The number of amides is 1. The number of fused-ring (bicyclic) bond motifs is 3. The Balaban J connectivity index is 0.000000782. The molecular weight excluding hydrogens is 600 g/mol. The number of benzene rings is 1. The molecule has 234 valence electrons. The largest absolute Gasteiger partial charge is 0.822 e. The van der Waals surface area contributed by atoms with E-state index in [0.29, 0.717) is 29.8 Å². The van der Waals surface area contributed by atoms with Crippen molar-refractivity contribution in [1.82, 2.24) is 24.6 Å². The van der Waals surface area contributed by atoms with E-state index in [9.17, 15) is 23.1 Å². The molecule has 0 saturated carbocycles. The quantitative estimate of drug-likeness (QED) is 0.271. The van der Waals surface area contributed by atoms with E-state index in [2.05, 4.69) is 34.9 Å². The van der Waals surface area contributed by atoms with Crippen LogP contribution in [-0.4, -0.2) is 81.9 Å².